The van der Waals surface area contributed by atoms with Gasteiger partial charge in [0.25, 0.3) is 5.91 Å². The maximum absolute atomic E-state index is 11.9. The van der Waals surface area contributed by atoms with Gasteiger partial charge in [0.2, 0.25) is 0 Å². The summed E-state index contributed by atoms with van der Waals surface area (Å²) in [4.78, 5) is 13.4. The van der Waals surface area contributed by atoms with E-state index >= 15 is 0 Å². The number of ether oxygens (including phenoxy) is 1. The minimum Gasteiger partial charge on any atom is -0.482 e. The van der Waals surface area contributed by atoms with E-state index in [4.69, 9.17) is 10.00 Å². The second kappa shape index (κ2) is 6.21. The zero-order valence-corrected chi connectivity index (χ0v) is 11.4. The van der Waals surface area contributed by atoms with Crippen molar-refractivity contribution in [3.05, 3.63) is 29.8 Å². The summed E-state index contributed by atoms with van der Waals surface area (Å²) in [6.07, 6.45) is 0. The van der Waals surface area contributed by atoms with Crippen LogP contribution in [0, 0.1) is 11.3 Å². The number of nitriles is 1. The molecule has 1 N–H and O–H groups in total. The van der Waals surface area contributed by atoms with E-state index in [-0.39, 0.29) is 19.1 Å². The van der Waals surface area contributed by atoms with Gasteiger partial charge in [0.1, 0.15) is 11.8 Å². The molecule has 19 heavy (non-hydrogen) atoms. The van der Waals surface area contributed by atoms with Crippen LogP contribution in [-0.2, 0) is 4.79 Å². The Morgan fingerprint density at radius 3 is 2.68 bits per heavy atom. The summed E-state index contributed by atoms with van der Waals surface area (Å²) in [6.45, 7) is 3.21. The SMILES string of the molecule is CN(C(=O)COc1ccccc1C#N)C(C)(C)CO. The summed E-state index contributed by atoms with van der Waals surface area (Å²) < 4.78 is 5.36. The lowest BCUT2D eigenvalue weighted by Gasteiger charge is -2.33. The van der Waals surface area contributed by atoms with Crippen LogP contribution in [0.2, 0.25) is 0 Å². The second-order valence-corrected chi connectivity index (χ2v) is 4.82. The van der Waals surface area contributed by atoms with Crippen LogP contribution in [0.15, 0.2) is 24.3 Å². The van der Waals surface area contributed by atoms with E-state index in [1.165, 1.54) is 4.90 Å². The normalized spacial score (nSPS) is 10.7. The van der Waals surface area contributed by atoms with Crippen molar-refractivity contribution in [3.63, 3.8) is 0 Å². The van der Waals surface area contributed by atoms with Crippen molar-refractivity contribution >= 4 is 5.91 Å². The van der Waals surface area contributed by atoms with E-state index in [1.807, 2.05) is 6.07 Å². The second-order valence-electron chi connectivity index (χ2n) is 4.82. The molecule has 0 heterocycles. The fourth-order valence-electron chi connectivity index (χ4n) is 1.36. The van der Waals surface area contributed by atoms with Crippen molar-refractivity contribution in [2.75, 3.05) is 20.3 Å². The summed E-state index contributed by atoms with van der Waals surface area (Å²) in [7, 11) is 1.61. The highest BCUT2D eigenvalue weighted by Crippen LogP contribution is 2.17. The Hall–Kier alpha value is -2.06. The molecule has 0 unspecified atom stereocenters. The predicted molar refractivity (Wildman–Crippen MR) is 70.6 cm³/mol. The van der Waals surface area contributed by atoms with E-state index < -0.39 is 5.54 Å². The van der Waals surface area contributed by atoms with Gasteiger partial charge in [0, 0.05) is 7.05 Å². The molecule has 5 heteroatoms. The average Bonchev–Trinajstić information content (AvgIpc) is 2.44. The Bertz CT molecular complexity index is 492. The Labute approximate surface area is 113 Å². The fourth-order valence-corrected chi connectivity index (χ4v) is 1.36. The lowest BCUT2D eigenvalue weighted by Crippen LogP contribution is -2.49. The average molecular weight is 262 g/mol. The first-order chi connectivity index (χ1) is 8.92. The van der Waals surface area contributed by atoms with Crippen LogP contribution in [-0.4, -0.2) is 41.7 Å². The number of amides is 1. The van der Waals surface area contributed by atoms with Gasteiger partial charge in [0.05, 0.1) is 17.7 Å². The summed E-state index contributed by atoms with van der Waals surface area (Å²) >= 11 is 0. The molecule has 0 aliphatic heterocycles. The summed E-state index contributed by atoms with van der Waals surface area (Å²) in [5, 5.41) is 18.1. The third-order valence-electron chi connectivity index (χ3n) is 3.03. The van der Waals surface area contributed by atoms with Gasteiger partial charge in [-0.2, -0.15) is 5.26 Å². The molecule has 0 saturated carbocycles. The van der Waals surface area contributed by atoms with Crippen LogP contribution in [0.5, 0.6) is 5.75 Å². The maximum Gasteiger partial charge on any atom is 0.260 e. The Balaban J connectivity index is 2.67. The zero-order chi connectivity index (χ0) is 14.5. The minimum absolute atomic E-state index is 0.135. The minimum atomic E-state index is -0.644. The number of benzene rings is 1. The molecule has 0 aliphatic rings. The molecule has 5 nitrogen and oxygen atoms in total. The van der Waals surface area contributed by atoms with Gasteiger partial charge in [0.15, 0.2) is 6.61 Å². The number of aliphatic hydroxyl groups excluding tert-OH is 1. The summed E-state index contributed by atoms with van der Waals surface area (Å²) in [5.41, 5.74) is -0.255. The molecule has 0 aliphatic carbocycles. The summed E-state index contributed by atoms with van der Waals surface area (Å²) in [6, 6.07) is 8.74. The highest BCUT2D eigenvalue weighted by atomic mass is 16.5. The van der Waals surface area contributed by atoms with Crippen molar-refractivity contribution in [3.8, 4) is 11.8 Å². The number of nitrogens with zero attached hydrogens (tertiary/aromatic N) is 2. The molecule has 0 spiro atoms. The lowest BCUT2D eigenvalue weighted by molar-refractivity contribution is -0.138. The molecule has 1 aromatic rings. The van der Waals surface area contributed by atoms with Crippen LogP contribution >= 0.6 is 0 Å². The van der Waals surface area contributed by atoms with Crippen molar-refractivity contribution < 1.29 is 14.6 Å². The zero-order valence-electron chi connectivity index (χ0n) is 11.4. The van der Waals surface area contributed by atoms with E-state index in [0.29, 0.717) is 11.3 Å². The summed E-state index contributed by atoms with van der Waals surface area (Å²) in [5.74, 6) is 0.125. The number of hydrogen-bond acceptors (Lipinski definition) is 4. The van der Waals surface area contributed by atoms with Gasteiger partial charge >= 0.3 is 0 Å². The standard InChI is InChI=1S/C14H18N2O3/c1-14(2,10-17)16(3)13(18)9-19-12-7-5-4-6-11(12)8-15/h4-7,17H,9-10H2,1-3H3. The highest BCUT2D eigenvalue weighted by Gasteiger charge is 2.26. The number of aliphatic hydroxyl groups is 1. The largest absolute Gasteiger partial charge is 0.482 e. The van der Waals surface area contributed by atoms with E-state index in [0.717, 1.165) is 0 Å². The van der Waals surface area contributed by atoms with Gasteiger partial charge in [-0.3, -0.25) is 4.79 Å². The number of rotatable bonds is 5. The third-order valence-corrected chi connectivity index (χ3v) is 3.03. The Morgan fingerprint density at radius 1 is 1.47 bits per heavy atom. The van der Waals surface area contributed by atoms with Crippen molar-refractivity contribution in [2.24, 2.45) is 0 Å². The molecule has 0 radical (unpaired) electrons. The predicted octanol–water partition coefficient (Wildman–Crippen LogP) is 1.17. The van der Waals surface area contributed by atoms with E-state index in [1.54, 1.807) is 45.2 Å². The van der Waals surface area contributed by atoms with Gasteiger partial charge in [-0.15, -0.1) is 0 Å². The Kier molecular flexibility index (Phi) is 4.90. The van der Waals surface area contributed by atoms with Gasteiger partial charge < -0.3 is 14.7 Å². The molecular weight excluding hydrogens is 244 g/mol. The molecule has 1 aromatic carbocycles. The van der Waals surface area contributed by atoms with Crippen LogP contribution in [0.3, 0.4) is 0 Å². The molecule has 0 saturated heterocycles. The van der Waals surface area contributed by atoms with Gasteiger partial charge in [-0.25, -0.2) is 0 Å². The molecule has 1 amide bonds. The quantitative estimate of drug-likeness (QED) is 0.864. The highest BCUT2D eigenvalue weighted by molar-refractivity contribution is 5.78. The van der Waals surface area contributed by atoms with Crippen LogP contribution in [0.25, 0.3) is 0 Å². The molecule has 0 bridgehead atoms. The molecule has 0 aromatic heterocycles. The Morgan fingerprint density at radius 2 is 2.11 bits per heavy atom. The lowest BCUT2D eigenvalue weighted by atomic mass is 10.1. The monoisotopic (exact) mass is 262 g/mol. The first-order valence-corrected chi connectivity index (χ1v) is 5.92. The van der Waals surface area contributed by atoms with Crippen LogP contribution in [0.1, 0.15) is 19.4 Å². The van der Waals surface area contributed by atoms with Crippen LogP contribution in [0.4, 0.5) is 0 Å². The van der Waals surface area contributed by atoms with E-state index in [2.05, 4.69) is 0 Å². The fraction of sp³-hybridized carbons (Fsp3) is 0.429. The van der Waals surface area contributed by atoms with Crippen LogP contribution < -0.4 is 4.74 Å². The first-order valence-electron chi connectivity index (χ1n) is 5.92. The smallest absolute Gasteiger partial charge is 0.260 e. The van der Waals surface area contributed by atoms with E-state index in [9.17, 15) is 9.90 Å². The molecule has 0 fully saturated rings. The number of carbonyl (C=O) groups is 1. The molecule has 102 valence electrons. The molecule has 1 rings (SSSR count). The topological polar surface area (TPSA) is 73.6 Å². The number of likely N-dealkylation sites (N-methyl/N-ethyl adjacent to an activating group) is 1. The van der Waals surface area contributed by atoms with Crippen molar-refractivity contribution in [1.82, 2.24) is 4.90 Å². The molecular formula is C14H18N2O3. The van der Waals surface area contributed by atoms with Gasteiger partial charge in [-0.05, 0) is 26.0 Å². The van der Waals surface area contributed by atoms with Crippen molar-refractivity contribution in [1.29, 1.82) is 5.26 Å². The first kappa shape index (κ1) is 15.0. The number of carbonyl (C=O) groups excluding carboxylic acids is 1. The van der Waals surface area contributed by atoms with Gasteiger partial charge in [-0.1, -0.05) is 12.1 Å². The third kappa shape index (κ3) is 3.70. The van der Waals surface area contributed by atoms with Crippen molar-refractivity contribution in [2.45, 2.75) is 19.4 Å². The molecule has 0 atom stereocenters. The number of para-hydroxylation sites is 1. The number of hydrogen-bond donors (Lipinski definition) is 1. The maximum atomic E-state index is 11.9.